The van der Waals surface area contributed by atoms with Crippen molar-refractivity contribution in [1.29, 1.82) is 0 Å². The molecule has 2 unspecified atom stereocenters. The summed E-state index contributed by atoms with van der Waals surface area (Å²) in [5.74, 6) is -0.765. The number of hydrogen-bond donors (Lipinski definition) is 3. The molecule has 1 aliphatic carbocycles. The van der Waals surface area contributed by atoms with Crippen molar-refractivity contribution in [2.24, 2.45) is 5.92 Å². The summed E-state index contributed by atoms with van der Waals surface area (Å²) >= 11 is 1.62. The molecule has 1 amide bonds. The van der Waals surface area contributed by atoms with E-state index in [2.05, 4.69) is 12.2 Å². The van der Waals surface area contributed by atoms with Gasteiger partial charge in [-0.05, 0) is 30.7 Å². The number of nitrogens with one attached hydrogen (secondary N) is 1. The van der Waals surface area contributed by atoms with Gasteiger partial charge in [0.05, 0.1) is 5.56 Å². The van der Waals surface area contributed by atoms with Crippen LogP contribution in [0.15, 0.2) is 5.38 Å². The number of hydrogen-bond acceptors (Lipinski definition) is 4. The van der Waals surface area contributed by atoms with Gasteiger partial charge >= 0.3 is 5.97 Å². The maximum absolute atomic E-state index is 12.1. The lowest BCUT2D eigenvalue weighted by molar-refractivity contribution is -0.146. The van der Waals surface area contributed by atoms with E-state index in [1.165, 1.54) is 4.88 Å². The highest BCUT2D eigenvalue weighted by Gasteiger charge is 2.23. The lowest BCUT2D eigenvalue weighted by Gasteiger charge is -2.18. The van der Waals surface area contributed by atoms with Crippen molar-refractivity contribution >= 4 is 23.2 Å². The maximum atomic E-state index is 12.1. The first-order valence-electron chi connectivity index (χ1n) is 6.77. The molecular formula is C14H19NO4S. The van der Waals surface area contributed by atoms with Gasteiger partial charge in [0.1, 0.15) is 0 Å². The van der Waals surface area contributed by atoms with E-state index in [0.29, 0.717) is 11.5 Å². The van der Waals surface area contributed by atoms with Crippen LogP contribution in [0.1, 0.15) is 40.6 Å². The van der Waals surface area contributed by atoms with E-state index in [1.54, 1.807) is 11.3 Å². The van der Waals surface area contributed by atoms with Gasteiger partial charge in [-0.2, -0.15) is 0 Å². The Morgan fingerprint density at radius 1 is 1.55 bits per heavy atom. The Morgan fingerprint density at radius 3 is 3.00 bits per heavy atom. The number of carbonyl (C=O) groups excluding carboxylic acids is 1. The van der Waals surface area contributed by atoms with E-state index >= 15 is 0 Å². The van der Waals surface area contributed by atoms with Crippen LogP contribution in [0.5, 0.6) is 0 Å². The van der Waals surface area contributed by atoms with Crippen LogP contribution >= 0.6 is 11.3 Å². The van der Waals surface area contributed by atoms with Gasteiger partial charge in [-0.15, -0.1) is 11.3 Å². The van der Waals surface area contributed by atoms with Gasteiger partial charge in [-0.3, -0.25) is 4.79 Å². The van der Waals surface area contributed by atoms with Crippen LogP contribution < -0.4 is 5.32 Å². The average Bonchev–Trinajstić information content (AvgIpc) is 2.81. The largest absolute Gasteiger partial charge is 0.479 e. The molecular weight excluding hydrogens is 278 g/mol. The van der Waals surface area contributed by atoms with Gasteiger partial charge in [0.2, 0.25) is 0 Å². The summed E-state index contributed by atoms with van der Waals surface area (Å²) in [7, 11) is 0. The molecule has 1 heterocycles. The third kappa shape index (κ3) is 3.37. The number of carboxylic acid groups (broad SMARTS) is 1. The Balaban J connectivity index is 1.92. The lowest BCUT2D eigenvalue weighted by Crippen LogP contribution is -2.30. The number of carbonyl (C=O) groups is 2. The highest BCUT2D eigenvalue weighted by molar-refractivity contribution is 7.10. The van der Waals surface area contributed by atoms with Gasteiger partial charge < -0.3 is 15.5 Å². The van der Waals surface area contributed by atoms with E-state index in [1.807, 2.05) is 5.38 Å². The molecule has 0 saturated heterocycles. The highest BCUT2D eigenvalue weighted by Crippen LogP contribution is 2.32. The molecule has 5 nitrogen and oxygen atoms in total. The molecule has 0 saturated carbocycles. The smallest absolute Gasteiger partial charge is 0.332 e. The number of carboxylic acids is 1. The van der Waals surface area contributed by atoms with E-state index in [-0.39, 0.29) is 18.9 Å². The molecule has 1 aliphatic rings. The first-order valence-corrected chi connectivity index (χ1v) is 7.65. The zero-order valence-corrected chi connectivity index (χ0v) is 12.2. The van der Waals surface area contributed by atoms with Gasteiger partial charge in [0.15, 0.2) is 6.10 Å². The fourth-order valence-corrected chi connectivity index (χ4v) is 3.65. The summed E-state index contributed by atoms with van der Waals surface area (Å²) in [6.45, 7) is 2.38. The van der Waals surface area contributed by atoms with Crippen molar-refractivity contribution in [2.45, 2.75) is 38.7 Å². The molecule has 2 rings (SSSR count). The number of aliphatic hydroxyl groups is 1. The minimum Gasteiger partial charge on any atom is -0.479 e. The van der Waals surface area contributed by atoms with Crippen molar-refractivity contribution < 1.29 is 19.8 Å². The molecule has 0 bridgehead atoms. The summed E-state index contributed by atoms with van der Waals surface area (Å²) < 4.78 is 0. The quantitative estimate of drug-likeness (QED) is 0.767. The van der Waals surface area contributed by atoms with Crippen molar-refractivity contribution in [3.8, 4) is 0 Å². The maximum Gasteiger partial charge on any atom is 0.332 e. The number of thiophene rings is 1. The number of aliphatic hydroxyl groups excluding tert-OH is 1. The van der Waals surface area contributed by atoms with Crippen LogP contribution in [0.25, 0.3) is 0 Å². The number of rotatable bonds is 5. The van der Waals surface area contributed by atoms with Crippen LogP contribution in [0.4, 0.5) is 0 Å². The minimum absolute atomic E-state index is 0.0183. The Bertz CT molecular complexity index is 511. The van der Waals surface area contributed by atoms with E-state index < -0.39 is 12.1 Å². The van der Waals surface area contributed by atoms with E-state index in [9.17, 15) is 9.59 Å². The standard InChI is InChI=1S/C14H19NO4S/c1-8-2-3-9-10(7-20-12(9)6-8)13(17)15-5-4-11(16)14(18)19/h7-8,11,16H,2-6H2,1H3,(H,15,17)(H,18,19). The summed E-state index contributed by atoms with van der Waals surface area (Å²) in [5, 5.41) is 22.3. The van der Waals surface area contributed by atoms with Crippen LogP contribution in [0, 0.1) is 5.92 Å². The Labute approximate surface area is 121 Å². The summed E-state index contributed by atoms with van der Waals surface area (Å²) in [6.07, 6.45) is 1.66. The summed E-state index contributed by atoms with van der Waals surface area (Å²) in [5.41, 5.74) is 1.85. The Morgan fingerprint density at radius 2 is 2.30 bits per heavy atom. The molecule has 1 aromatic rings. The van der Waals surface area contributed by atoms with E-state index in [0.717, 1.165) is 24.8 Å². The van der Waals surface area contributed by atoms with Crippen LogP contribution in [0.2, 0.25) is 0 Å². The molecule has 20 heavy (non-hydrogen) atoms. The lowest BCUT2D eigenvalue weighted by atomic mass is 9.88. The normalized spacial score (nSPS) is 19.2. The van der Waals surface area contributed by atoms with Crippen molar-refractivity contribution in [1.82, 2.24) is 5.32 Å². The third-order valence-electron chi connectivity index (χ3n) is 3.63. The topological polar surface area (TPSA) is 86.6 Å². The Kier molecular flexibility index (Phi) is 4.77. The van der Waals surface area contributed by atoms with Crippen molar-refractivity contribution in [3.63, 3.8) is 0 Å². The zero-order valence-electron chi connectivity index (χ0n) is 11.4. The summed E-state index contributed by atoms with van der Waals surface area (Å²) in [6, 6.07) is 0. The Hall–Kier alpha value is -1.40. The highest BCUT2D eigenvalue weighted by atomic mass is 32.1. The van der Waals surface area contributed by atoms with Crippen molar-refractivity contribution in [2.75, 3.05) is 6.54 Å². The van der Waals surface area contributed by atoms with Crippen molar-refractivity contribution in [3.05, 3.63) is 21.4 Å². The van der Waals surface area contributed by atoms with Crippen LogP contribution in [-0.4, -0.2) is 34.7 Å². The zero-order chi connectivity index (χ0) is 14.7. The van der Waals surface area contributed by atoms with E-state index in [4.69, 9.17) is 10.2 Å². The van der Waals surface area contributed by atoms with Gasteiger partial charge in [-0.25, -0.2) is 4.79 Å². The molecule has 110 valence electrons. The first-order chi connectivity index (χ1) is 9.49. The summed E-state index contributed by atoms with van der Waals surface area (Å²) in [4.78, 5) is 23.8. The number of amides is 1. The predicted molar refractivity (Wildman–Crippen MR) is 76.1 cm³/mol. The predicted octanol–water partition coefficient (Wildman–Crippen LogP) is 1.44. The van der Waals surface area contributed by atoms with Gasteiger partial charge in [0.25, 0.3) is 5.91 Å². The van der Waals surface area contributed by atoms with Crippen LogP contribution in [-0.2, 0) is 17.6 Å². The first kappa shape index (κ1) is 15.0. The molecule has 0 fully saturated rings. The minimum atomic E-state index is -1.42. The third-order valence-corrected chi connectivity index (χ3v) is 4.69. The molecule has 0 radical (unpaired) electrons. The molecule has 3 N–H and O–H groups in total. The fourth-order valence-electron chi connectivity index (χ4n) is 2.41. The molecule has 0 aliphatic heterocycles. The molecule has 0 spiro atoms. The second-order valence-electron chi connectivity index (χ2n) is 5.30. The second kappa shape index (κ2) is 6.37. The molecule has 1 aromatic heterocycles. The monoisotopic (exact) mass is 297 g/mol. The number of fused-ring (bicyclic) bond motifs is 1. The molecule has 2 atom stereocenters. The van der Waals surface area contributed by atoms with Gasteiger partial charge in [0, 0.05) is 23.2 Å². The second-order valence-corrected chi connectivity index (χ2v) is 6.26. The molecule has 6 heteroatoms. The van der Waals surface area contributed by atoms with Gasteiger partial charge in [-0.1, -0.05) is 6.92 Å². The fraction of sp³-hybridized carbons (Fsp3) is 0.571. The molecule has 0 aromatic carbocycles. The van der Waals surface area contributed by atoms with Crippen LogP contribution in [0.3, 0.4) is 0 Å². The SMILES string of the molecule is CC1CCc2c(C(=O)NCCC(O)C(=O)O)csc2C1. The number of aliphatic carboxylic acids is 1. The average molecular weight is 297 g/mol.